The third-order valence-corrected chi connectivity index (χ3v) is 10.7. The maximum Gasteiger partial charge on any atom is 0.340 e. The smallest absolute Gasteiger partial charge is 0.340 e. The zero-order valence-electron chi connectivity index (χ0n) is 30.6. The van der Waals surface area contributed by atoms with Crippen LogP contribution in [0.25, 0.3) is 6.08 Å². The summed E-state index contributed by atoms with van der Waals surface area (Å²) in [6.07, 6.45) is -0.518. The number of pyridine rings is 1. The molecule has 2 aromatic carbocycles. The van der Waals surface area contributed by atoms with Gasteiger partial charge < -0.3 is 33.5 Å². The predicted octanol–water partition coefficient (Wildman–Crippen LogP) is 4.66. The van der Waals surface area contributed by atoms with Crippen LogP contribution < -0.4 is 0 Å². The van der Waals surface area contributed by atoms with Gasteiger partial charge in [-0.1, -0.05) is 48.5 Å². The lowest BCUT2D eigenvalue weighted by Gasteiger charge is -2.65. The summed E-state index contributed by atoms with van der Waals surface area (Å²) in [4.78, 5) is 71.8. The number of benzene rings is 2. The summed E-state index contributed by atoms with van der Waals surface area (Å²) in [5.41, 5.74) is -6.59. The second-order valence-corrected chi connectivity index (χ2v) is 14.6. The van der Waals surface area contributed by atoms with Crippen LogP contribution in [0.4, 0.5) is 0 Å². The lowest BCUT2D eigenvalue weighted by Crippen LogP contribution is -2.83. The van der Waals surface area contributed by atoms with Crippen LogP contribution in [0, 0.1) is 11.3 Å². The van der Waals surface area contributed by atoms with Crippen LogP contribution in [0.5, 0.6) is 0 Å². The molecular weight excluding hydrogens is 698 g/mol. The average Bonchev–Trinajstić information content (AvgIpc) is 3.34. The molecule has 8 atom stereocenters. The fraction of sp³-hybridized carbons (Fsp3) is 0.415. The summed E-state index contributed by atoms with van der Waals surface area (Å²) in [7, 11) is 0. The van der Waals surface area contributed by atoms with Gasteiger partial charge in [0.2, 0.25) is 0 Å². The molecule has 6 rings (SSSR count). The van der Waals surface area contributed by atoms with Crippen molar-refractivity contribution in [1.29, 1.82) is 0 Å². The van der Waals surface area contributed by atoms with E-state index in [2.05, 4.69) is 4.98 Å². The Hall–Kier alpha value is -5.40. The van der Waals surface area contributed by atoms with Gasteiger partial charge in [0.25, 0.3) is 0 Å². The van der Waals surface area contributed by atoms with Crippen LogP contribution in [0.15, 0.2) is 91.3 Å². The Labute approximate surface area is 312 Å². The highest BCUT2D eigenvalue weighted by Gasteiger charge is 2.87. The molecule has 0 unspecified atom stereocenters. The number of esters is 5. The lowest BCUT2D eigenvalue weighted by molar-refractivity contribution is -0.348. The second kappa shape index (κ2) is 14.8. The molecule has 1 N–H and O–H groups in total. The third kappa shape index (κ3) is 6.77. The van der Waals surface area contributed by atoms with E-state index in [9.17, 15) is 29.1 Å². The van der Waals surface area contributed by atoms with Gasteiger partial charge in [-0.25, -0.2) is 14.4 Å². The molecule has 2 saturated carbocycles. The molecule has 2 aliphatic carbocycles. The zero-order valence-corrected chi connectivity index (χ0v) is 30.6. The first-order valence-electron chi connectivity index (χ1n) is 17.7. The van der Waals surface area contributed by atoms with Crippen molar-refractivity contribution in [2.24, 2.45) is 11.3 Å². The number of hydrogen-bond donors (Lipinski definition) is 1. The Balaban J connectivity index is 1.61. The summed E-state index contributed by atoms with van der Waals surface area (Å²) >= 11 is 0. The van der Waals surface area contributed by atoms with E-state index in [0.29, 0.717) is 5.56 Å². The first kappa shape index (κ1) is 38.3. The van der Waals surface area contributed by atoms with Crippen LogP contribution in [-0.4, -0.2) is 87.8 Å². The van der Waals surface area contributed by atoms with Crippen LogP contribution in [0.2, 0.25) is 0 Å². The van der Waals surface area contributed by atoms with Crippen molar-refractivity contribution in [1.82, 2.24) is 4.98 Å². The number of ether oxygens (including phenoxy) is 6. The molecule has 0 amide bonds. The molecule has 1 aromatic heterocycles. The van der Waals surface area contributed by atoms with Gasteiger partial charge >= 0.3 is 29.8 Å². The fourth-order valence-corrected chi connectivity index (χ4v) is 8.63. The van der Waals surface area contributed by atoms with Crippen molar-refractivity contribution in [3.63, 3.8) is 0 Å². The van der Waals surface area contributed by atoms with Gasteiger partial charge in [0.05, 0.1) is 28.2 Å². The Morgan fingerprint density at radius 1 is 0.815 bits per heavy atom. The molecule has 54 heavy (non-hydrogen) atoms. The zero-order chi connectivity index (χ0) is 38.9. The molecule has 1 saturated heterocycles. The number of nitrogens with zero attached hydrogens (tertiary/aromatic N) is 1. The quantitative estimate of drug-likeness (QED) is 0.173. The average molecular weight is 742 g/mol. The van der Waals surface area contributed by atoms with E-state index in [0.717, 1.165) is 6.92 Å². The first-order chi connectivity index (χ1) is 25.6. The predicted molar refractivity (Wildman–Crippen MR) is 190 cm³/mol. The molecule has 3 fully saturated rings. The van der Waals surface area contributed by atoms with E-state index in [1.54, 1.807) is 68.5 Å². The molecule has 1 aliphatic heterocycles. The highest BCUT2D eigenvalue weighted by molar-refractivity contribution is 5.90. The molecule has 3 aromatic rings. The van der Waals surface area contributed by atoms with Gasteiger partial charge in [0.1, 0.15) is 30.3 Å². The highest BCUT2D eigenvalue weighted by atomic mass is 16.6. The van der Waals surface area contributed by atoms with Gasteiger partial charge in [0.15, 0.2) is 11.7 Å². The van der Waals surface area contributed by atoms with E-state index in [4.69, 9.17) is 28.4 Å². The Morgan fingerprint density at radius 3 is 2.09 bits per heavy atom. The van der Waals surface area contributed by atoms with Gasteiger partial charge in [-0.05, 0) is 69.5 Å². The molecular formula is C41H43NO12. The summed E-state index contributed by atoms with van der Waals surface area (Å²) in [5, 5.41) is 12.6. The summed E-state index contributed by atoms with van der Waals surface area (Å²) < 4.78 is 37.8. The van der Waals surface area contributed by atoms with E-state index in [1.807, 2.05) is 6.07 Å². The third-order valence-electron chi connectivity index (χ3n) is 10.7. The summed E-state index contributed by atoms with van der Waals surface area (Å²) in [6.45, 7) is 6.47. The summed E-state index contributed by atoms with van der Waals surface area (Å²) in [6, 6.07) is 20.1. The minimum absolute atomic E-state index is 0.0573. The van der Waals surface area contributed by atoms with E-state index in [-0.39, 0.29) is 24.0 Å². The number of hydrogen-bond acceptors (Lipinski definition) is 13. The van der Waals surface area contributed by atoms with E-state index < -0.39 is 89.0 Å². The van der Waals surface area contributed by atoms with Crippen molar-refractivity contribution < 1.29 is 57.5 Å². The number of fused-ring (bicyclic) bond motifs is 1. The highest BCUT2D eigenvalue weighted by Crippen LogP contribution is 2.69. The Morgan fingerprint density at radius 2 is 1.46 bits per heavy atom. The van der Waals surface area contributed by atoms with E-state index >= 15 is 0 Å². The minimum Gasteiger partial charge on any atom is -0.465 e. The largest absolute Gasteiger partial charge is 0.465 e. The number of rotatable bonds is 10. The molecule has 2 bridgehead atoms. The normalized spacial score (nSPS) is 30.7. The molecule has 1 spiro atoms. The Kier molecular flexibility index (Phi) is 10.5. The summed E-state index contributed by atoms with van der Waals surface area (Å²) in [5.74, 6) is -5.16. The minimum atomic E-state index is -2.10. The maximum absolute atomic E-state index is 14.2. The maximum atomic E-state index is 14.2. The van der Waals surface area contributed by atoms with Crippen LogP contribution in [0.3, 0.4) is 0 Å². The van der Waals surface area contributed by atoms with Crippen molar-refractivity contribution in [2.45, 2.75) is 88.7 Å². The number of carbonyl (C=O) groups excluding carboxylic acids is 5. The molecule has 3 aliphatic rings. The standard InChI is InChI=1S/C41H43NO12/c1-25(43)49-24-40-30(51-31(45)19-18-27-13-8-6-9-14-27)20-21-39(5,48)41(40)34(50-26(2)44)32(38(3,4)54-41)33(52-37(47)29-17-12-22-42-23-29)35(40)53-36(46)28-15-10-7-11-16-28/h6-19,22-23,30,32-35,48H,20-21,24H2,1-5H3/t30-,32+,33-,34+,35+,39-,40-,41+/m0/s1. The fourth-order valence-electron chi connectivity index (χ4n) is 8.63. The van der Waals surface area contributed by atoms with Crippen LogP contribution >= 0.6 is 0 Å². The molecule has 0 radical (unpaired) electrons. The van der Waals surface area contributed by atoms with Gasteiger partial charge in [0, 0.05) is 32.3 Å². The monoisotopic (exact) mass is 741 g/mol. The molecule has 284 valence electrons. The number of aromatic nitrogens is 1. The van der Waals surface area contributed by atoms with Gasteiger partial charge in [-0.2, -0.15) is 0 Å². The van der Waals surface area contributed by atoms with Crippen LogP contribution in [0.1, 0.15) is 73.7 Å². The number of aliphatic hydroxyl groups is 1. The first-order valence-corrected chi connectivity index (χ1v) is 17.7. The van der Waals surface area contributed by atoms with Crippen molar-refractivity contribution in [3.8, 4) is 0 Å². The van der Waals surface area contributed by atoms with Gasteiger partial charge in [-0.3, -0.25) is 14.6 Å². The molecule has 13 nitrogen and oxygen atoms in total. The van der Waals surface area contributed by atoms with Crippen molar-refractivity contribution in [2.75, 3.05) is 6.61 Å². The SMILES string of the molecule is CC(=O)OC[C@@]12[C@@H](OC(=O)C=Cc3ccccc3)CC[C@](C)(O)[C@@]13OC(C)(C)[C@H]([C@H](OC(=O)c1cccnc1)[C@H]2OC(=O)c1ccccc1)[C@H]3OC(C)=O. The Bertz CT molecular complexity index is 1910. The molecule has 13 heteroatoms. The second-order valence-electron chi connectivity index (χ2n) is 14.6. The topological polar surface area (TPSA) is 174 Å². The molecule has 2 heterocycles. The van der Waals surface area contributed by atoms with Crippen LogP contribution in [-0.2, 0) is 42.8 Å². The van der Waals surface area contributed by atoms with Crippen molar-refractivity contribution in [3.05, 3.63) is 108 Å². The lowest BCUT2D eigenvalue weighted by atomic mass is 9.46. The van der Waals surface area contributed by atoms with E-state index in [1.165, 1.54) is 50.5 Å². The van der Waals surface area contributed by atoms with Gasteiger partial charge in [-0.15, -0.1) is 0 Å². The number of carbonyl (C=O) groups is 5. The van der Waals surface area contributed by atoms with Crippen molar-refractivity contribution >= 4 is 35.9 Å².